The normalized spacial score (nSPS) is 15.8. The fourth-order valence-corrected chi connectivity index (χ4v) is 4.01. The van der Waals surface area contributed by atoms with Gasteiger partial charge in [-0.1, -0.05) is 30.3 Å². The Bertz CT molecular complexity index is 479. The third-order valence-electron chi connectivity index (χ3n) is 3.47. The highest BCUT2D eigenvalue weighted by Crippen LogP contribution is 2.35. The molecule has 0 amide bonds. The molecule has 1 atom stereocenters. The van der Waals surface area contributed by atoms with Gasteiger partial charge < -0.3 is 5.32 Å². The van der Waals surface area contributed by atoms with Crippen molar-refractivity contribution in [3.05, 3.63) is 57.3 Å². The number of benzene rings is 1. The Labute approximate surface area is 106 Å². The topological polar surface area (TPSA) is 12.0 Å². The molecule has 0 fully saturated rings. The first-order valence-corrected chi connectivity index (χ1v) is 7.04. The van der Waals surface area contributed by atoms with E-state index in [-0.39, 0.29) is 0 Å². The lowest BCUT2D eigenvalue weighted by molar-refractivity contribution is 0.703. The minimum Gasteiger partial charge on any atom is -0.309 e. The van der Waals surface area contributed by atoms with Gasteiger partial charge in [0.05, 0.1) is 6.04 Å². The highest BCUT2D eigenvalue weighted by Gasteiger charge is 2.20. The number of nitrogens with one attached hydrogen (secondary N) is 1. The molecule has 88 valence electrons. The molecule has 1 unspecified atom stereocenters. The van der Waals surface area contributed by atoms with Gasteiger partial charge in [-0.2, -0.15) is 0 Å². The Hall–Kier alpha value is -1.12. The first kappa shape index (κ1) is 11.0. The molecule has 2 heteroatoms. The maximum absolute atomic E-state index is 3.43. The summed E-state index contributed by atoms with van der Waals surface area (Å²) in [7, 11) is 2.04. The van der Waals surface area contributed by atoms with Crippen LogP contribution in [0.25, 0.3) is 0 Å². The lowest BCUT2D eigenvalue weighted by Gasteiger charge is -2.14. The van der Waals surface area contributed by atoms with E-state index in [1.54, 1.807) is 10.4 Å². The number of aryl methyl sites for hydroxylation is 2. The van der Waals surface area contributed by atoms with Gasteiger partial charge in [0.2, 0.25) is 0 Å². The lowest BCUT2D eigenvalue weighted by Crippen LogP contribution is -2.16. The quantitative estimate of drug-likeness (QED) is 0.869. The van der Waals surface area contributed by atoms with Gasteiger partial charge in [0.25, 0.3) is 0 Å². The van der Waals surface area contributed by atoms with E-state index in [1.807, 2.05) is 18.4 Å². The summed E-state index contributed by atoms with van der Waals surface area (Å²) in [5, 5.41) is 3.43. The number of hydrogen-bond acceptors (Lipinski definition) is 2. The zero-order valence-corrected chi connectivity index (χ0v) is 10.9. The van der Waals surface area contributed by atoms with Crippen molar-refractivity contribution in [3.8, 4) is 0 Å². The number of rotatable bonds is 3. The second-order valence-corrected chi connectivity index (χ2v) is 5.75. The molecule has 0 bridgehead atoms. The molecule has 3 rings (SSSR count). The molecule has 0 spiro atoms. The Morgan fingerprint density at radius 3 is 2.71 bits per heavy atom. The fourth-order valence-electron chi connectivity index (χ4n) is 2.61. The van der Waals surface area contributed by atoms with Crippen LogP contribution in [0.3, 0.4) is 0 Å². The van der Waals surface area contributed by atoms with Gasteiger partial charge >= 0.3 is 0 Å². The average molecular weight is 243 g/mol. The van der Waals surface area contributed by atoms with Gasteiger partial charge in [0, 0.05) is 9.75 Å². The maximum Gasteiger partial charge on any atom is 0.0668 e. The molecular weight excluding hydrogens is 226 g/mol. The van der Waals surface area contributed by atoms with Crippen molar-refractivity contribution in [2.24, 2.45) is 0 Å². The van der Waals surface area contributed by atoms with Gasteiger partial charge in [0.15, 0.2) is 0 Å². The van der Waals surface area contributed by atoms with E-state index in [1.165, 1.54) is 29.7 Å². The van der Waals surface area contributed by atoms with Gasteiger partial charge in [-0.3, -0.25) is 0 Å². The van der Waals surface area contributed by atoms with Crippen LogP contribution in [0.4, 0.5) is 0 Å². The van der Waals surface area contributed by atoms with Crippen molar-refractivity contribution < 1.29 is 0 Å². The highest BCUT2D eigenvalue weighted by molar-refractivity contribution is 7.12. The first-order chi connectivity index (χ1) is 8.38. The monoisotopic (exact) mass is 243 g/mol. The highest BCUT2D eigenvalue weighted by atomic mass is 32.1. The Morgan fingerprint density at radius 1 is 1.18 bits per heavy atom. The molecule has 1 nitrogen and oxygen atoms in total. The van der Waals surface area contributed by atoms with Crippen molar-refractivity contribution in [2.45, 2.75) is 25.3 Å². The van der Waals surface area contributed by atoms with Crippen LogP contribution < -0.4 is 5.32 Å². The van der Waals surface area contributed by atoms with Crippen LogP contribution in [0, 0.1) is 0 Å². The van der Waals surface area contributed by atoms with Crippen molar-refractivity contribution >= 4 is 11.3 Å². The molecule has 1 aromatic heterocycles. The largest absolute Gasteiger partial charge is 0.309 e. The molecule has 0 saturated carbocycles. The summed E-state index contributed by atoms with van der Waals surface area (Å²) >= 11 is 1.99. The molecular formula is C15H17NS. The number of thiophene rings is 1. The third-order valence-corrected chi connectivity index (χ3v) is 4.77. The van der Waals surface area contributed by atoms with E-state index in [0.29, 0.717) is 6.04 Å². The van der Waals surface area contributed by atoms with Crippen LogP contribution in [-0.4, -0.2) is 7.05 Å². The van der Waals surface area contributed by atoms with Crippen LogP contribution >= 0.6 is 11.3 Å². The molecule has 1 aliphatic rings. The van der Waals surface area contributed by atoms with E-state index < -0.39 is 0 Å². The summed E-state index contributed by atoms with van der Waals surface area (Å²) < 4.78 is 0. The number of fused-ring (bicyclic) bond motifs is 1. The molecule has 1 heterocycles. The molecule has 1 aliphatic carbocycles. The first-order valence-electron chi connectivity index (χ1n) is 6.22. The summed E-state index contributed by atoms with van der Waals surface area (Å²) in [6.45, 7) is 0. The summed E-state index contributed by atoms with van der Waals surface area (Å²) in [5.41, 5.74) is 2.94. The predicted molar refractivity (Wildman–Crippen MR) is 73.7 cm³/mol. The Morgan fingerprint density at radius 2 is 2.00 bits per heavy atom. The minimum atomic E-state index is 0.354. The van der Waals surface area contributed by atoms with E-state index in [4.69, 9.17) is 0 Å². The summed E-state index contributed by atoms with van der Waals surface area (Å²) in [5.74, 6) is 0. The summed E-state index contributed by atoms with van der Waals surface area (Å²) in [4.78, 5) is 3.07. The second kappa shape index (κ2) is 4.63. The standard InChI is InChI=1S/C15H17NS/c1-16-15(11-6-3-2-4-7-11)14-10-12-8-5-9-13(12)17-14/h2-4,6-7,10,15-16H,5,8-9H2,1H3. The zero-order chi connectivity index (χ0) is 11.7. The smallest absolute Gasteiger partial charge is 0.0668 e. The third kappa shape index (κ3) is 2.03. The minimum absolute atomic E-state index is 0.354. The number of hydrogen-bond donors (Lipinski definition) is 1. The molecule has 1 N–H and O–H groups in total. The van der Waals surface area contributed by atoms with Gasteiger partial charge in [-0.25, -0.2) is 0 Å². The van der Waals surface area contributed by atoms with Crippen molar-refractivity contribution in [2.75, 3.05) is 7.05 Å². The maximum atomic E-state index is 3.43. The Balaban J connectivity index is 1.95. The molecule has 2 aromatic rings. The van der Waals surface area contributed by atoms with E-state index in [9.17, 15) is 0 Å². The van der Waals surface area contributed by atoms with Crippen LogP contribution in [0.5, 0.6) is 0 Å². The van der Waals surface area contributed by atoms with Gasteiger partial charge in [-0.15, -0.1) is 11.3 Å². The van der Waals surface area contributed by atoms with E-state index in [2.05, 4.69) is 41.7 Å². The molecule has 0 aliphatic heterocycles. The molecule has 1 aromatic carbocycles. The fraction of sp³-hybridized carbons (Fsp3) is 0.333. The van der Waals surface area contributed by atoms with Crippen LogP contribution in [0.15, 0.2) is 36.4 Å². The van der Waals surface area contributed by atoms with Crippen molar-refractivity contribution in [1.29, 1.82) is 0 Å². The molecule has 0 saturated heterocycles. The van der Waals surface area contributed by atoms with Crippen molar-refractivity contribution in [3.63, 3.8) is 0 Å². The van der Waals surface area contributed by atoms with E-state index in [0.717, 1.165) is 0 Å². The SMILES string of the molecule is CNC(c1ccccc1)c1cc2c(s1)CCC2. The Kier molecular flexibility index (Phi) is 3.00. The average Bonchev–Trinajstić information content (AvgIpc) is 2.92. The lowest BCUT2D eigenvalue weighted by atomic mass is 10.0. The molecule has 17 heavy (non-hydrogen) atoms. The summed E-state index contributed by atoms with van der Waals surface area (Å²) in [6.07, 6.45) is 3.90. The predicted octanol–water partition coefficient (Wildman–Crippen LogP) is 3.55. The van der Waals surface area contributed by atoms with Gasteiger partial charge in [-0.05, 0) is 43.5 Å². The van der Waals surface area contributed by atoms with E-state index >= 15 is 0 Å². The van der Waals surface area contributed by atoms with Crippen LogP contribution in [0.2, 0.25) is 0 Å². The van der Waals surface area contributed by atoms with Crippen molar-refractivity contribution in [1.82, 2.24) is 5.32 Å². The van der Waals surface area contributed by atoms with Crippen LogP contribution in [-0.2, 0) is 12.8 Å². The van der Waals surface area contributed by atoms with Gasteiger partial charge in [0.1, 0.15) is 0 Å². The zero-order valence-electron chi connectivity index (χ0n) is 10.1. The molecule has 0 radical (unpaired) electrons. The second-order valence-electron chi connectivity index (χ2n) is 4.58. The van der Waals surface area contributed by atoms with Crippen LogP contribution in [0.1, 0.15) is 33.3 Å². The summed E-state index contributed by atoms with van der Waals surface area (Å²) in [6, 6.07) is 13.5.